The lowest BCUT2D eigenvalue weighted by Crippen LogP contribution is -2.36. The normalized spacial score (nSPS) is 11.1. The van der Waals surface area contributed by atoms with Gasteiger partial charge in [-0.1, -0.05) is 0 Å². The number of hydrogen-bond donors (Lipinski definition) is 1. The Morgan fingerprint density at radius 3 is 2.80 bits per heavy atom. The molecule has 0 aliphatic carbocycles. The molecule has 0 spiro atoms. The van der Waals surface area contributed by atoms with Crippen LogP contribution < -0.4 is 11.2 Å². The quantitative estimate of drug-likeness (QED) is 0.743. The van der Waals surface area contributed by atoms with Crippen LogP contribution in [0.5, 0.6) is 0 Å². The Morgan fingerprint density at radius 2 is 2.13 bits per heavy atom. The third-order valence-electron chi connectivity index (χ3n) is 2.21. The van der Waals surface area contributed by atoms with Crippen molar-refractivity contribution in [3.63, 3.8) is 0 Å². The van der Waals surface area contributed by atoms with Gasteiger partial charge in [0.25, 0.3) is 5.56 Å². The van der Waals surface area contributed by atoms with Crippen LogP contribution in [0.25, 0.3) is 11.0 Å². The Kier molecular flexibility index (Phi) is 2.15. The van der Waals surface area contributed by atoms with E-state index in [4.69, 9.17) is 0 Å². The summed E-state index contributed by atoms with van der Waals surface area (Å²) < 4.78 is 1.16. The van der Waals surface area contributed by atoms with Crippen LogP contribution in [-0.4, -0.2) is 14.5 Å². The number of aromatic nitrogens is 3. The van der Waals surface area contributed by atoms with Crippen molar-refractivity contribution in [1.82, 2.24) is 14.5 Å². The van der Waals surface area contributed by atoms with Crippen LogP contribution in [0.15, 0.2) is 27.9 Å². The monoisotopic (exact) mass is 205 g/mol. The van der Waals surface area contributed by atoms with Gasteiger partial charge in [0.15, 0.2) is 5.52 Å². The van der Waals surface area contributed by atoms with Crippen molar-refractivity contribution in [2.75, 3.05) is 0 Å². The average molecular weight is 205 g/mol. The Hall–Kier alpha value is -1.91. The zero-order valence-corrected chi connectivity index (χ0v) is 8.52. The van der Waals surface area contributed by atoms with E-state index in [9.17, 15) is 9.59 Å². The largest absolute Gasteiger partial charge is 0.329 e. The summed E-state index contributed by atoms with van der Waals surface area (Å²) >= 11 is 0. The van der Waals surface area contributed by atoms with Gasteiger partial charge in [0.1, 0.15) is 0 Å². The van der Waals surface area contributed by atoms with E-state index >= 15 is 0 Å². The molecule has 0 bridgehead atoms. The maximum Gasteiger partial charge on any atom is 0.329 e. The molecule has 5 heteroatoms. The van der Waals surface area contributed by atoms with Crippen molar-refractivity contribution in [1.29, 1.82) is 0 Å². The summed E-state index contributed by atoms with van der Waals surface area (Å²) in [7, 11) is 0. The van der Waals surface area contributed by atoms with Crippen LogP contribution >= 0.6 is 0 Å². The Balaban J connectivity index is 2.97. The summed E-state index contributed by atoms with van der Waals surface area (Å²) in [6, 6.07) is 3.17. The number of aromatic amines is 1. The zero-order valence-electron chi connectivity index (χ0n) is 8.52. The molecule has 2 heterocycles. The summed E-state index contributed by atoms with van der Waals surface area (Å²) in [5, 5.41) is 0. The molecule has 78 valence electrons. The molecule has 2 aromatic heterocycles. The first kappa shape index (κ1) is 9.64. The van der Waals surface area contributed by atoms with Crippen molar-refractivity contribution < 1.29 is 0 Å². The van der Waals surface area contributed by atoms with Gasteiger partial charge in [-0.3, -0.25) is 9.36 Å². The van der Waals surface area contributed by atoms with E-state index in [0.717, 1.165) is 4.57 Å². The van der Waals surface area contributed by atoms with Gasteiger partial charge in [0, 0.05) is 12.2 Å². The third-order valence-corrected chi connectivity index (χ3v) is 2.21. The summed E-state index contributed by atoms with van der Waals surface area (Å²) in [5.41, 5.74) is 0.0371. The average Bonchev–Trinajstić information content (AvgIpc) is 2.17. The standard InChI is InChI=1S/C10H11N3O2/c1-6(2)13-9(14)8-7(12-10(13)15)4-3-5-11-8/h3-6H,1-2H3,(H,12,15). The minimum absolute atomic E-state index is 0.173. The minimum atomic E-state index is -0.393. The highest BCUT2D eigenvalue weighted by Gasteiger charge is 2.09. The van der Waals surface area contributed by atoms with Gasteiger partial charge in [0.2, 0.25) is 0 Å². The first-order valence-corrected chi connectivity index (χ1v) is 4.71. The number of fused-ring (bicyclic) bond motifs is 1. The highest BCUT2D eigenvalue weighted by Crippen LogP contribution is 2.01. The van der Waals surface area contributed by atoms with E-state index in [0.29, 0.717) is 11.0 Å². The van der Waals surface area contributed by atoms with E-state index in [1.165, 1.54) is 6.20 Å². The first-order chi connectivity index (χ1) is 7.11. The molecule has 2 aromatic rings. The smallest absolute Gasteiger partial charge is 0.305 e. The lowest BCUT2D eigenvalue weighted by molar-refractivity contribution is 0.551. The molecule has 0 unspecified atom stereocenters. The summed E-state index contributed by atoms with van der Waals surface area (Å²) in [6.07, 6.45) is 1.53. The molecule has 0 saturated heterocycles. The molecule has 0 saturated carbocycles. The van der Waals surface area contributed by atoms with Crippen molar-refractivity contribution >= 4 is 11.0 Å². The lowest BCUT2D eigenvalue weighted by Gasteiger charge is -2.08. The Bertz CT molecular complexity index is 610. The fourth-order valence-corrected chi connectivity index (χ4v) is 1.53. The number of hydrogen-bond acceptors (Lipinski definition) is 3. The molecule has 0 aromatic carbocycles. The number of nitrogens with one attached hydrogen (secondary N) is 1. The highest BCUT2D eigenvalue weighted by atomic mass is 16.2. The number of pyridine rings is 1. The second-order valence-corrected chi connectivity index (χ2v) is 3.60. The topological polar surface area (TPSA) is 67.8 Å². The van der Waals surface area contributed by atoms with Gasteiger partial charge >= 0.3 is 5.69 Å². The second kappa shape index (κ2) is 3.34. The number of H-pyrrole nitrogens is 1. The fraction of sp³-hybridized carbons (Fsp3) is 0.300. The fourth-order valence-electron chi connectivity index (χ4n) is 1.53. The van der Waals surface area contributed by atoms with Gasteiger partial charge in [-0.25, -0.2) is 9.78 Å². The first-order valence-electron chi connectivity index (χ1n) is 4.71. The van der Waals surface area contributed by atoms with Crippen LogP contribution in [0.2, 0.25) is 0 Å². The van der Waals surface area contributed by atoms with E-state index in [-0.39, 0.29) is 11.6 Å². The SMILES string of the molecule is CC(C)n1c(=O)[nH]c2cccnc2c1=O. The van der Waals surface area contributed by atoms with E-state index in [2.05, 4.69) is 9.97 Å². The Labute approximate surface area is 85.4 Å². The van der Waals surface area contributed by atoms with E-state index < -0.39 is 5.69 Å². The number of rotatable bonds is 1. The molecule has 2 rings (SSSR count). The molecule has 5 nitrogen and oxygen atoms in total. The number of nitrogens with zero attached hydrogens (tertiary/aromatic N) is 2. The summed E-state index contributed by atoms with van der Waals surface area (Å²) in [5.74, 6) is 0. The molecule has 0 atom stereocenters. The van der Waals surface area contributed by atoms with Crippen LogP contribution in [-0.2, 0) is 0 Å². The van der Waals surface area contributed by atoms with Crippen LogP contribution in [0.1, 0.15) is 19.9 Å². The minimum Gasteiger partial charge on any atom is -0.305 e. The molecule has 0 fully saturated rings. The Morgan fingerprint density at radius 1 is 1.40 bits per heavy atom. The maximum atomic E-state index is 11.9. The predicted octanol–water partition coefficient (Wildman–Crippen LogP) is 0.666. The van der Waals surface area contributed by atoms with Gasteiger partial charge < -0.3 is 4.98 Å². The van der Waals surface area contributed by atoms with Gasteiger partial charge in [0.05, 0.1) is 5.52 Å². The molecule has 1 N–H and O–H groups in total. The molecule has 15 heavy (non-hydrogen) atoms. The van der Waals surface area contributed by atoms with Crippen LogP contribution in [0, 0.1) is 0 Å². The second-order valence-electron chi connectivity index (χ2n) is 3.60. The van der Waals surface area contributed by atoms with E-state index in [1.807, 2.05) is 0 Å². The highest BCUT2D eigenvalue weighted by molar-refractivity contribution is 5.71. The third kappa shape index (κ3) is 1.45. The molecule has 0 aliphatic rings. The van der Waals surface area contributed by atoms with Crippen LogP contribution in [0.3, 0.4) is 0 Å². The summed E-state index contributed by atoms with van der Waals surface area (Å²) in [4.78, 5) is 30.0. The molecule has 0 amide bonds. The zero-order chi connectivity index (χ0) is 11.0. The lowest BCUT2D eigenvalue weighted by atomic mass is 10.3. The molecule has 0 aliphatic heterocycles. The van der Waals surface area contributed by atoms with Crippen molar-refractivity contribution in [3.05, 3.63) is 39.2 Å². The van der Waals surface area contributed by atoms with Crippen molar-refractivity contribution in [3.8, 4) is 0 Å². The van der Waals surface area contributed by atoms with Crippen molar-refractivity contribution in [2.45, 2.75) is 19.9 Å². The molecular weight excluding hydrogens is 194 g/mol. The van der Waals surface area contributed by atoms with Crippen molar-refractivity contribution in [2.24, 2.45) is 0 Å². The van der Waals surface area contributed by atoms with Crippen LogP contribution in [0.4, 0.5) is 0 Å². The maximum absolute atomic E-state index is 11.9. The molecular formula is C10H11N3O2. The van der Waals surface area contributed by atoms with Gasteiger partial charge in [-0.15, -0.1) is 0 Å². The molecule has 0 radical (unpaired) electrons. The van der Waals surface area contributed by atoms with E-state index in [1.54, 1.807) is 26.0 Å². The van der Waals surface area contributed by atoms with Gasteiger partial charge in [-0.2, -0.15) is 0 Å². The predicted molar refractivity (Wildman–Crippen MR) is 57.0 cm³/mol. The summed E-state index contributed by atoms with van der Waals surface area (Å²) in [6.45, 7) is 3.57. The van der Waals surface area contributed by atoms with Gasteiger partial charge in [-0.05, 0) is 26.0 Å².